The van der Waals surface area contributed by atoms with Crippen LogP contribution in [0.4, 0.5) is 0 Å². The summed E-state index contributed by atoms with van der Waals surface area (Å²) in [6.45, 7) is 13.1. The molecule has 0 bridgehead atoms. The van der Waals surface area contributed by atoms with Gasteiger partial charge in [0, 0.05) is 25.7 Å². The van der Waals surface area contributed by atoms with E-state index in [9.17, 15) is 4.79 Å². The Labute approximate surface area is 118 Å². The molecule has 19 heavy (non-hydrogen) atoms. The zero-order valence-electron chi connectivity index (χ0n) is 13.0. The van der Waals surface area contributed by atoms with E-state index in [1.165, 1.54) is 12.8 Å². The molecule has 2 N–H and O–H groups in total. The number of nitrogens with zero attached hydrogens (tertiary/aromatic N) is 1. The van der Waals surface area contributed by atoms with E-state index in [1.54, 1.807) is 0 Å². The number of hydrogen-bond acceptors (Lipinski definition) is 3. The van der Waals surface area contributed by atoms with Crippen LogP contribution in [0.25, 0.3) is 0 Å². The number of amides is 1. The summed E-state index contributed by atoms with van der Waals surface area (Å²) in [5, 5.41) is 6.52. The summed E-state index contributed by atoms with van der Waals surface area (Å²) in [5.74, 6) is 1.27. The van der Waals surface area contributed by atoms with E-state index < -0.39 is 0 Å². The number of hydrogen-bond donors (Lipinski definition) is 2. The summed E-state index contributed by atoms with van der Waals surface area (Å²) in [4.78, 5) is 14.2. The molecule has 0 aliphatic carbocycles. The highest BCUT2D eigenvalue weighted by atomic mass is 16.2. The molecular formula is C15H31N3O. The largest absolute Gasteiger partial charge is 0.355 e. The molecule has 4 nitrogen and oxygen atoms in total. The molecule has 1 amide bonds. The Bertz CT molecular complexity index is 260. The number of rotatable bonds is 8. The van der Waals surface area contributed by atoms with Crippen molar-refractivity contribution in [3.05, 3.63) is 0 Å². The predicted molar refractivity (Wildman–Crippen MR) is 80.2 cm³/mol. The Kier molecular flexibility index (Phi) is 7.39. The van der Waals surface area contributed by atoms with Gasteiger partial charge in [-0.2, -0.15) is 0 Å². The van der Waals surface area contributed by atoms with Gasteiger partial charge in [-0.1, -0.05) is 27.7 Å². The molecule has 1 fully saturated rings. The van der Waals surface area contributed by atoms with E-state index in [2.05, 4.69) is 43.2 Å². The Morgan fingerprint density at radius 2 is 2.05 bits per heavy atom. The zero-order valence-corrected chi connectivity index (χ0v) is 13.0. The maximum atomic E-state index is 11.9. The highest BCUT2D eigenvalue weighted by Crippen LogP contribution is 2.08. The van der Waals surface area contributed by atoms with Crippen molar-refractivity contribution in [2.75, 3.05) is 32.7 Å². The molecule has 112 valence electrons. The standard InChI is InChI=1S/C15H31N3O/c1-12(2)8-17-15(19)11-18(9-13(3)4)10-14-6-5-7-16-14/h12-14,16H,5-11H2,1-4H3,(H,17,19). The molecule has 1 aliphatic rings. The summed E-state index contributed by atoms with van der Waals surface area (Å²) in [6, 6.07) is 0.566. The second-order valence-corrected chi connectivity index (χ2v) is 6.58. The van der Waals surface area contributed by atoms with Crippen molar-refractivity contribution in [3.8, 4) is 0 Å². The third kappa shape index (κ3) is 7.53. The maximum absolute atomic E-state index is 11.9. The van der Waals surface area contributed by atoms with Crippen molar-refractivity contribution in [2.45, 2.75) is 46.6 Å². The van der Waals surface area contributed by atoms with Crippen molar-refractivity contribution in [2.24, 2.45) is 11.8 Å². The SMILES string of the molecule is CC(C)CNC(=O)CN(CC(C)C)CC1CCCN1. The molecule has 1 aliphatic heterocycles. The van der Waals surface area contributed by atoms with Crippen molar-refractivity contribution < 1.29 is 4.79 Å². The fourth-order valence-corrected chi connectivity index (χ4v) is 2.52. The highest BCUT2D eigenvalue weighted by molar-refractivity contribution is 5.78. The summed E-state index contributed by atoms with van der Waals surface area (Å²) >= 11 is 0. The van der Waals surface area contributed by atoms with E-state index in [0.717, 1.165) is 26.2 Å². The van der Waals surface area contributed by atoms with Crippen molar-refractivity contribution in [3.63, 3.8) is 0 Å². The first-order valence-electron chi connectivity index (χ1n) is 7.69. The topological polar surface area (TPSA) is 44.4 Å². The predicted octanol–water partition coefficient (Wildman–Crippen LogP) is 1.47. The summed E-state index contributed by atoms with van der Waals surface area (Å²) in [7, 11) is 0. The number of nitrogens with one attached hydrogen (secondary N) is 2. The van der Waals surface area contributed by atoms with Crippen LogP contribution in [-0.4, -0.2) is 49.6 Å². The minimum atomic E-state index is 0.160. The van der Waals surface area contributed by atoms with E-state index in [4.69, 9.17) is 0 Å². The summed E-state index contributed by atoms with van der Waals surface area (Å²) in [6.07, 6.45) is 2.50. The van der Waals surface area contributed by atoms with Crippen LogP contribution in [0.5, 0.6) is 0 Å². The molecule has 1 heterocycles. The maximum Gasteiger partial charge on any atom is 0.234 e. The molecule has 1 unspecified atom stereocenters. The van der Waals surface area contributed by atoms with Crippen LogP contribution < -0.4 is 10.6 Å². The monoisotopic (exact) mass is 269 g/mol. The molecule has 1 saturated heterocycles. The van der Waals surface area contributed by atoms with Gasteiger partial charge < -0.3 is 10.6 Å². The molecule has 0 aromatic rings. The molecule has 1 rings (SSSR count). The van der Waals surface area contributed by atoms with Gasteiger partial charge in [-0.25, -0.2) is 0 Å². The lowest BCUT2D eigenvalue weighted by Crippen LogP contribution is -2.45. The second kappa shape index (κ2) is 8.54. The fraction of sp³-hybridized carbons (Fsp3) is 0.933. The lowest BCUT2D eigenvalue weighted by molar-refractivity contribution is -0.122. The average molecular weight is 269 g/mol. The minimum absolute atomic E-state index is 0.160. The quantitative estimate of drug-likeness (QED) is 0.701. The van der Waals surface area contributed by atoms with Crippen LogP contribution in [0.2, 0.25) is 0 Å². The second-order valence-electron chi connectivity index (χ2n) is 6.58. The van der Waals surface area contributed by atoms with Gasteiger partial charge in [0.15, 0.2) is 0 Å². The Morgan fingerprint density at radius 3 is 2.58 bits per heavy atom. The summed E-state index contributed by atoms with van der Waals surface area (Å²) < 4.78 is 0. The third-order valence-electron chi connectivity index (χ3n) is 3.34. The van der Waals surface area contributed by atoms with Crippen molar-refractivity contribution >= 4 is 5.91 Å². The first-order chi connectivity index (χ1) is 8.97. The van der Waals surface area contributed by atoms with Gasteiger partial charge in [0.05, 0.1) is 6.54 Å². The van der Waals surface area contributed by atoms with Gasteiger partial charge in [0.25, 0.3) is 0 Å². The van der Waals surface area contributed by atoms with Gasteiger partial charge in [-0.15, -0.1) is 0 Å². The Morgan fingerprint density at radius 1 is 1.32 bits per heavy atom. The third-order valence-corrected chi connectivity index (χ3v) is 3.34. The van der Waals surface area contributed by atoms with Gasteiger partial charge in [-0.05, 0) is 31.2 Å². The molecule has 4 heteroatoms. The van der Waals surface area contributed by atoms with Gasteiger partial charge in [0.1, 0.15) is 0 Å². The first-order valence-corrected chi connectivity index (χ1v) is 7.69. The van der Waals surface area contributed by atoms with Gasteiger partial charge in [-0.3, -0.25) is 9.69 Å². The molecule has 0 aromatic heterocycles. The Hall–Kier alpha value is -0.610. The van der Waals surface area contributed by atoms with E-state index in [-0.39, 0.29) is 5.91 Å². The van der Waals surface area contributed by atoms with Gasteiger partial charge >= 0.3 is 0 Å². The van der Waals surface area contributed by atoms with E-state index in [1.807, 2.05) is 0 Å². The van der Waals surface area contributed by atoms with E-state index in [0.29, 0.717) is 24.4 Å². The van der Waals surface area contributed by atoms with Crippen LogP contribution in [0.1, 0.15) is 40.5 Å². The Balaban J connectivity index is 2.36. The van der Waals surface area contributed by atoms with Crippen molar-refractivity contribution in [1.82, 2.24) is 15.5 Å². The van der Waals surface area contributed by atoms with Crippen molar-refractivity contribution in [1.29, 1.82) is 0 Å². The minimum Gasteiger partial charge on any atom is -0.355 e. The van der Waals surface area contributed by atoms with Gasteiger partial charge in [0.2, 0.25) is 5.91 Å². The molecule has 0 aromatic carbocycles. The zero-order chi connectivity index (χ0) is 14.3. The molecule has 0 saturated carbocycles. The smallest absolute Gasteiger partial charge is 0.234 e. The fourth-order valence-electron chi connectivity index (χ4n) is 2.52. The lowest BCUT2D eigenvalue weighted by Gasteiger charge is -2.26. The molecular weight excluding hydrogens is 238 g/mol. The molecule has 0 spiro atoms. The number of carbonyl (C=O) groups excluding carboxylic acids is 1. The van der Waals surface area contributed by atoms with E-state index >= 15 is 0 Å². The van der Waals surface area contributed by atoms with Crippen LogP contribution >= 0.6 is 0 Å². The van der Waals surface area contributed by atoms with Crippen LogP contribution in [-0.2, 0) is 4.79 Å². The van der Waals surface area contributed by atoms with Crippen LogP contribution in [0.15, 0.2) is 0 Å². The molecule has 1 atom stereocenters. The highest BCUT2D eigenvalue weighted by Gasteiger charge is 2.20. The first kappa shape index (κ1) is 16.4. The lowest BCUT2D eigenvalue weighted by atomic mass is 10.1. The normalized spacial score (nSPS) is 19.6. The average Bonchev–Trinajstić information content (AvgIpc) is 2.78. The molecule has 0 radical (unpaired) electrons. The number of carbonyl (C=O) groups is 1. The van der Waals surface area contributed by atoms with Crippen LogP contribution in [0.3, 0.4) is 0 Å². The summed E-state index contributed by atoms with van der Waals surface area (Å²) in [5.41, 5.74) is 0. The van der Waals surface area contributed by atoms with Crippen LogP contribution in [0, 0.1) is 11.8 Å².